The Morgan fingerprint density at radius 1 is 1.38 bits per heavy atom. The molecule has 1 rings (SSSR count). The third kappa shape index (κ3) is 3.05. The molecule has 1 heterocycles. The Kier molecular flexibility index (Phi) is 4.96. The van der Waals surface area contributed by atoms with Gasteiger partial charge in [-0.25, -0.2) is 4.79 Å². The quantitative estimate of drug-likeness (QED) is 0.718. The van der Waals surface area contributed by atoms with Crippen molar-refractivity contribution in [2.24, 2.45) is 0 Å². The Hall–Kier alpha value is -1.38. The van der Waals surface area contributed by atoms with Gasteiger partial charge in [-0.3, -0.25) is 4.98 Å². The standard InChI is InChI=1S/C13H19NO2/c1-4-7-12-11(13(15)16-6-3)8-10(5-2)9-14-12/h8-9H,4-7H2,1-3H3. The molecule has 16 heavy (non-hydrogen) atoms. The minimum absolute atomic E-state index is 0.256. The van der Waals surface area contributed by atoms with E-state index in [1.807, 2.05) is 26.1 Å². The van der Waals surface area contributed by atoms with Crippen LogP contribution in [-0.2, 0) is 17.6 Å². The molecule has 0 saturated carbocycles. The van der Waals surface area contributed by atoms with E-state index in [2.05, 4.69) is 11.9 Å². The van der Waals surface area contributed by atoms with Gasteiger partial charge < -0.3 is 4.74 Å². The van der Waals surface area contributed by atoms with E-state index >= 15 is 0 Å². The van der Waals surface area contributed by atoms with Gasteiger partial charge in [-0.05, 0) is 31.4 Å². The highest BCUT2D eigenvalue weighted by atomic mass is 16.5. The second kappa shape index (κ2) is 6.26. The summed E-state index contributed by atoms with van der Waals surface area (Å²) in [5.41, 5.74) is 2.55. The molecule has 0 N–H and O–H groups in total. The van der Waals surface area contributed by atoms with Crippen LogP contribution in [0.15, 0.2) is 12.3 Å². The molecule has 0 radical (unpaired) electrons. The first kappa shape index (κ1) is 12.7. The van der Waals surface area contributed by atoms with E-state index in [4.69, 9.17) is 4.74 Å². The lowest BCUT2D eigenvalue weighted by Crippen LogP contribution is -2.10. The Bertz CT molecular complexity index is 361. The first-order chi connectivity index (χ1) is 7.72. The number of nitrogens with zero attached hydrogens (tertiary/aromatic N) is 1. The van der Waals surface area contributed by atoms with Crippen molar-refractivity contribution in [1.82, 2.24) is 4.98 Å². The number of carbonyl (C=O) groups is 1. The summed E-state index contributed by atoms with van der Waals surface area (Å²) >= 11 is 0. The average molecular weight is 221 g/mol. The van der Waals surface area contributed by atoms with Gasteiger partial charge in [0.15, 0.2) is 0 Å². The highest BCUT2D eigenvalue weighted by molar-refractivity contribution is 5.90. The number of pyridine rings is 1. The molecule has 0 unspecified atom stereocenters. The highest BCUT2D eigenvalue weighted by Crippen LogP contribution is 2.13. The van der Waals surface area contributed by atoms with Crippen LogP contribution < -0.4 is 0 Å². The van der Waals surface area contributed by atoms with Gasteiger partial charge in [-0.2, -0.15) is 0 Å². The molecular formula is C13H19NO2. The molecule has 0 aliphatic carbocycles. The molecule has 0 atom stereocenters. The van der Waals surface area contributed by atoms with Crippen molar-refractivity contribution in [2.45, 2.75) is 40.0 Å². The van der Waals surface area contributed by atoms with Crippen molar-refractivity contribution < 1.29 is 9.53 Å². The van der Waals surface area contributed by atoms with Crippen molar-refractivity contribution in [3.8, 4) is 0 Å². The van der Waals surface area contributed by atoms with E-state index in [9.17, 15) is 4.79 Å². The zero-order valence-electron chi connectivity index (χ0n) is 10.2. The fourth-order valence-corrected chi connectivity index (χ4v) is 1.55. The van der Waals surface area contributed by atoms with Gasteiger partial charge in [0.25, 0.3) is 0 Å². The Labute approximate surface area is 96.8 Å². The molecule has 0 aliphatic heterocycles. The summed E-state index contributed by atoms with van der Waals surface area (Å²) in [7, 11) is 0. The molecule has 88 valence electrons. The number of esters is 1. The third-order valence-electron chi connectivity index (χ3n) is 2.42. The molecule has 0 bridgehead atoms. The molecule has 1 aromatic rings. The summed E-state index contributed by atoms with van der Waals surface area (Å²) in [6.45, 7) is 6.34. The number of hydrogen-bond donors (Lipinski definition) is 0. The van der Waals surface area contributed by atoms with E-state index < -0.39 is 0 Å². The number of hydrogen-bond acceptors (Lipinski definition) is 3. The lowest BCUT2D eigenvalue weighted by atomic mass is 10.1. The van der Waals surface area contributed by atoms with Gasteiger partial charge in [0.1, 0.15) is 0 Å². The van der Waals surface area contributed by atoms with E-state index in [1.165, 1.54) is 0 Å². The minimum atomic E-state index is -0.256. The number of ether oxygens (including phenoxy) is 1. The molecule has 3 nitrogen and oxygen atoms in total. The fourth-order valence-electron chi connectivity index (χ4n) is 1.55. The lowest BCUT2D eigenvalue weighted by molar-refractivity contribution is 0.0524. The molecule has 3 heteroatoms. The number of carbonyl (C=O) groups excluding carboxylic acids is 1. The number of rotatable bonds is 5. The Balaban J connectivity index is 3.04. The van der Waals surface area contributed by atoms with Crippen LogP contribution in [-0.4, -0.2) is 17.6 Å². The summed E-state index contributed by atoms with van der Waals surface area (Å²) in [6.07, 6.45) is 4.52. The van der Waals surface area contributed by atoms with Crippen molar-refractivity contribution in [2.75, 3.05) is 6.61 Å². The monoisotopic (exact) mass is 221 g/mol. The number of aromatic nitrogens is 1. The molecular weight excluding hydrogens is 202 g/mol. The molecule has 0 fully saturated rings. The molecule has 0 amide bonds. The van der Waals surface area contributed by atoms with Crippen LogP contribution in [0.3, 0.4) is 0 Å². The number of aryl methyl sites for hydroxylation is 2. The van der Waals surface area contributed by atoms with Gasteiger partial charge in [0, 0.05) is 6.20 Å². The van der Waals surface area contributed by atoms with Gasteiger partial charge in [-0.15, -0.1) is 0 Å². The molecule has 0 aromatic carbocycles. The van der Waals surface area contributed by atoms with E-state index in [0.29, 0.717) is 12.2 Å². The average Bonchev–Trinajstić information content (AvgIpc) is 2.30. The van der Waals surface area contributed by atoms with Gasteiger partial charge in [0.05, 0.1) is 17.9 Å². The highest BCUT2D eigenvalue weighted by Gasteiger charge is 2.13. The van der Waals surface area contributed by atoms with Crippen LogP contribution in [0.25, 0.3) is 0 Å². The second-order valence-corrected chi connectivity index (χ2v) is 3.66. The summed E-state index contributed by atoms with van der Waals surface area (Å²) in [5, 5.41) is 0. The summed E-state index contributed by atoms with van der Waals surface area (Å²) in [6, 6.07) is 1.90. The molecule has 0 saturated heterocycles. The van der Waals surface area contributed by atoms with Crippen molar-refractivity contribution in [1.29, 1.82) is 0 Å². The normalized spacial score (nSPS) is 10.2. The lowest BCUT2D eigenvalue weighted by Gasteiger charge is -2.08. The predicted octanol–water partition coefficient (Wildman–Crippen LogP) is 2.77. The zero-order chi connectivity index (χ0) is 12.0. The summed E-state index contributed by atoms with van der Waals surface area (Å²) in [5.74, 6) is -0.256. The topological polar surface area (TPSA) is 39.2 Å². The maximum Gasteiger partial charge on any atom is 0.339 e. The second-order valence-electron chi connectivity index (χ2n) is 3.66. The predicted molar refractivity (Wildman–Crippen MR) is 63.6 cm³/mol. The van der Waals surface area contributed by atoms with Gasteiger partial charge >= 0.3 is 5.97 Å². The first-order valence-corrected chi connectivity index (χ1v) is 5.87. The summed E-state index contributed by atoms with van der Waals surface area (Å²) < 4.78 is 5.04. The molecule has 0 spiro atoms. The van der Waals surface area contributed by atoms with Gasteiger partial charge in [-0.1, -0.05) is 20.3 Å². The van der Waals surface area contributed by atoms with Crippen molar-refractivity contribution >= 4 is 5.97 Å². The van der Waals surface area contributed by atoms with Gasteiger partial charge in [0.2, 0.25) is 0 Å². The SMILES string of the molecule is CCCc1ncc(CC)cc1C(=O)OCC. The van der Waals surface area contributed by atoms with Crippen LogP contribution >= 0.6 is 0 Å². The van der Waals surface area contributed by atoms with Crippen molar-refractivity contribution in [3.63, 3.8) is 0 Å². The Morgan fingerprint density at radius 3 is 2.69 bits per heavy atom. The maximum absolute atomic E-state index is 11.7. The van der Waals surface area contributed by atoms with Crippen LogP contribution in [0, 0.1) is 0 Å². The van der Waals surface area contributed by atoms with Crippen molar-refractivity contribution in [3.05, 3.63) is 29.1 Å². The van der Waals surface area contributed by atoms with Crippen LogP contribution in [0.2, 0.25) is 0 Å². The third-order valence-corrected chi connectivity index (χ3v) is 2.42. The fraction of sp³-hybridized carbons (Fsp3) is 0.538. The summed E-state index contributed by atoms with van der Waals surface area (Å²) in [4.78, 5) is 16.1. The molecule has 1 aromatic heterocycles. The van der Waals surface area contributed by atoms with Crippen LogP contribution in [0.4, 0.5) is 0 Å². The molecule has 0 aliphatic rings. The van der Waals surface area contributed by atoms with Crippen LogP contribution in [0.1, 0.15) is 48.8 Å². The van der Waals surface area contributed by atoms with E-state index in [1.54, 1.807) is 0 Å². The minimum Gasteiger partial charge on any atom is -0.462 e. The maximum atomic E-state index is 11.7. The first-order valence-electron chi connectivity index (χ1n) is 5.87. The largest absolute Gasteiger partial charge is 0.462 e. The van der Waals surface area contributed by atoms with E-state index in [0.717, 1.165) is 30.5 Å². The van der Waals surface area contributed by atoms with E-state index in [-0.39, 0.29) is 5.97 Å². The van der Waals surface area contributed by atoms with Crippen LogP contribution in [0.5, 0.6) is 0 Å². The smallest absolute Gasteiger partial charge is 0.339 e. The Morgan fingerprint density at radius 2 is 2.12 bits per heavy atom. The zero-order valence-corrected chi connectivity index (χ0v) is 10.2.